The molecular formula is C9H11BrN2O2S2. The van der Waals surface area contributed by atoms with Crippen LogP contribution in [0.1, 0.15) is 18.4 Å². The van der Waals surface area contributed by atoms with Crippen LogP contribution in [0.2, 0.25) is 0 Å². The molecule has 0 unspecified atom stereocenters. The maximum Gasteiger partial charge on any atom is 0.250 e. The van der Waals surface area contributed by atoms with E-state index in [1.54, 1.807) is 6.07 Å². The van der Waals surface area contributed by atoms with Crippen LogP contribution in [0, 0.1) is 18.3 Å². The molecule has 0 saturated heterocycles. The average Bonchev–Trinajstić information content (AvgIpc) is 2.55. The standard InChI is InChI=1S/C9H11BrN2O2S2/c1-7-6-8(15-9(7)10)16(13,14)12-5-3-2-4-11/h6,12H,2-3,5H2,1H3. The Hall–Kier alpha value is -0.420. The molecule has 0 saturated carbocycles. The van der Waals surface area contributed by atoms with Crippen LogP contribution in [0.25, 0.3) is 0 Å². The summed E-state index contributed by atoms with van der Waals surface area (Å²) in [5, 5.41) is 8.32. The number of hydrogen-bond acceptors (Lipinski definition) is 4. The minimum Gasteiger partial charge on any atom is -0.210 e. The van der Waals surface area contributed by atoms with Crippen molar-refractivity contribution in [1.29, 1.82) is 5.26 Å². The number of nitrogens with one attached hydrogen (secondary N) is 1. The fourth-order valence-corrected chi connectivity index (χ4v) is 4.35. The summed E-state index contributed by atoms with van der Waals surface area (Å²) < 4.78 is 27.1. The molecule has 1 rings (SSSR count). The molecular weight excluding hydrogens is 312 g/mol. The van der Waals surface area contributed by atoms with Gasteiger partial charge in [-0.1, -0.05) is 0 Å². The van der Waals surface area contributed by atoms with E-state index in [4.69, 9.17) is 5.26 Å². The number of halogens is 1. The summed E-state index contributed by atoms with van der Waals surface area (Å²) in [6, 6.07) is 3.59. The normalized spacial score (nSPS) is 11.3. The molecule has 0 spiro atoms. The summed E-state index contributed by atoms with van der Waals surface area (Å²) >= 11 is 4.47. The molecule has 1 aromatic rings. The van der Waals surface area contributed by atoms with E-state index in [0.29, 0.717) is 23.6 Å². The lowest BCUT2D eigenvalue weighted by atomic mass is 10.3. The Morgan fingerprint density at radius 1 is 1.62 bits per heavy atom. The minimum absolute atomic E-state index is 0.296. The lowest BCUT2D eigenvalue weighted by molar-refractivity contribution is 0.581. The summed E-state index contributed by atoms with van der Waals surface area (Å²) in [7, 11) is -3.41. The van der Waals surface area contributed by atoms with E-state index in [-0.39, 0.29) is 0 Å². The predicted octanol–water partition coefficient (Wildman–Crippen LogP) is 2.40. The van der Waals surface area contributed by atoms with Gasteiger partial charge in [0.25, 0.3) is 0 Å². The highest BCUT2D eigenvalue weighted by Crippen LogP contribution is 2.30. The summed E-state index contributed by atoms with van der Waals surface area (Å²) in [5.41, 5.74) is 0.905. The smallest absolute Gasteiger partial charge is 0.210 e. The Morgan fingerprint density at radius 2 is 2.31 bits per heavy atom. The first kappa shape index (κ1) is 13.6. The van der Waals surface area contributed by atoms with Crippen LogP contribution in [0.15, 0.2) is 14.1 Å². The second kappa shape index (κ2) is 5.77. The molecule has 1 aromatic heterocycles. The van der Waals surface area contributed by atoms with Crippen molar-refractivity contribution in [3.63, 3.8) is 0 Å². The van der Waals surface area contributed by atoms with Crippen LogP contribution in [0.3, 0.4) is 0 Å². The van der Waals surface area contributed by atoms with Crippen molar-refractivity contribution in [3.05, 3.63) is 15.4 Å². The minimum atomic E-state index is -3.41. The van der Waals surface area contributed by atoms with Crippen molar-refractivity contribution in [1.82, 2.24) is 4.72 Å². The molecule has 16 heavy (non-hydrogen) atoms. The first-order valence-electron chi connectivity index (χ1n) is 4.60. The number of thiophene rings is 1. The van der Waals surface area contributed by atoms with Gasteiger partial charge >= 0.3 is 0 Å². The fourth-order valence-electron chi connectivity index (χ4n) is 1.01. The lowest BCUT2D eigenvalue weighted by Gasteiger charge is -2.02. The van der Waals surface area contributed by atoms with Gasteiger partial charge in [-0.15, -0.1) is 11.3 Å². The Kier molecular flexibility index (Phi) is 4.92. The summed E-state index contributed by atoms with van der Waals surface area (Å²) in [6.07, 6.45) is 0.886. The molecule has 0 aliphatic heterocycles. The Labute approximate surface area is 107 Å². The van der Waals surface area contributed by atoms with E-state index in [1.165, 1.54) is 11.3 Å². The van der Waals surface area contributed by atoms with E-state index in [0.717, 1.165) is 9.35 Å². The van der Waals surface area contributed by atoms with Gasteiger partial charge in [0, 0.05) is 13.0 Å². The SMILES string of the molecule is Cc1cc(S(=O)(=O)NCCCC#N)sc1Br. The van der Waals surface area contributed by atoms with Gasteiger partial charge in [-0.05, 0) is 40.9 Å². The van der Waals surface area contributed by atoms with Gasteiger partial charge in [-0.3, -0.25) is 0 Å². The molecule has 7 heteroatoms. The van der Waals surface area contributed by atoms with E-state index in [2.05, 4.69) is 20.7 Å². The van der Waals surface area contributed by atoms with Crippen molar-refractivity contribution in [3.8, 4) is 6.07 Å². The zero-order chi connectivity index (χ0) is 12.2. The molecule has 0 radical (unpaired) electrons. The second-order valence-electron chi connectivity index (χ2n) is 3.18. The average molecular weight is 323 g/mol. The van der Waals surface area contributed by atoms with Crippen LogP contribution < -0.4 is 4.72 Å². The van der Waals surface area contributed by atoms with Crippen LogP contribution in [-0.4, -0.2) is 15.0 Å². The monoisotopic (exact) mass is 322 g/mol. The van der Waals surface area contributed by atoms with Crippen molar-refractivity contribution in [2.24, 2.45) is 0 Å². The highest BCUT2D eigenvalue weighted by molar-refractivity contribution is 9.11. The number of rotatable bonds is 5. The van der Waals surface area contributed by atoms with Crippen molar-refractivity contribution >= 4 is 37.3 Å². The van der Waals surface area contributed by atoms with Gasteiger partial charge in [0.1, 0.15) is 4.21 Å². The van der Waals surface area contributed by atoms with Crippen molar-refractivity contribution in [2.45, 2.75) is 24.0 Å². The van der Waals surface area contributed by atoms with Gasteiger partial charge in [-0.2, -0.15) is 5.26 Å². The van der Waals surface area contributed by atoms with E-state index >= 15 is 0 Å². The number of unbranched alkanes of at least 4 members (excludes halogenated alkanes) is 1. The molecule has 88 valence electrons. The first-order valence-corrected chi connectivity index (χ1v) is 7.69. The number of nitrogens with zero attached hydrogens (tertiary/aromatic N) is 1. The highest BCUT2D eigenvalue weighted by atomic mass is 79.9. The Morgan fingerprint density at radius 3 is 2.81 bits per heavy atom. The Balaban J connectivity index is 2.68. The van der Waals surface area contributed by atoms with Gasteiger partial charge in [0.2, 0.25) is 10.0 Å². The van der Waals surface area contributed by atoms with Crippen LogP contribution in [0.5, 0.6) is 0 Å². The topological polar surface area (TPSA) is 70.0 Å². The van der Waals surface area contributed by atoms with Gasteiger partial charge in [0.05, 0.1) is 9.86 Å². The van der Waals surface area contributed by atoms with Gasteiger partial charge < -0.3 is 0 Å². The zero-order valence-corrected chi connectivity index (χ0v) is 11.9. The van der Waals surface area contributed by atoms with Crippen LogP contribution in [-0.2, 0) is 10.0 Å². The summed E-state index contributed by atoms with van der Waals surface area (Å²) in [5.74, 6) is 0. The van der Waals surface area contributed by atoms with Gasteiger partial charge in [-0.25, -0.2) is 13.1 Å². The number of nitriles is 1. The molecule has 4 nitrogen and oxygen atoms in total. The molecule has 0 aromatic carbocycles. The lowest BCUT2D eigenvalue weighted by Crippen LogP contribution is -2.23. The number of sulfonamides is 1. The molecule has 0 aliphatic rings. The molecule has 0 aliphatic carbocycles. The first-order chi connectivity index (χ1) is 7.47. The summed E-state index contributed by atoms with van der Waals surface area (Å²) in [6.45, 7) is 2.14. The van der Waals surface area contributed by atoms with Crippen molar-refractivity contribution < 1.29 is 8.42 Å². The third-order valence-electron chi connectivity index (χ3n) is 1.86. The van der Waals surface area contributed by atoms with E-state index < -0.39 is 10.0 Å². The third-order valence-corrected chi connectivity index (χ3v) is 5.93. The fraction of sp³-hybridized carbons (Fsp3) is 0.444. The molecule has 1 heterocycles. The van der Waals surface area contributed by atoms with Crippen LogP contribution in [0.4, 0.5) is 0 Å². The molecule has 1 N–H and O–H groups in total. The predicted molar refractivity (Wildman–Crippen MR) is 66.8 cm³/mol. The number of aryl methyl sites for hydroxylation is 1. The Bertz CT molecular complexity index is 483. The molecule has 0 amide bonds. The highest BCUT2D eigenvalue weighted by Gasteiger charge is 2.17. The van der Waals surface area contributed by atoms with E-state index in [1.807, 2.05) is 13.0 Å². The maximum atomic E-state index is 11.8. The van der Waals surface area contributed by atoms with Gasteiger partial charge in [0.15, 0.2) is 0 Å². The maximum absolute atomic E-state index is 11.8. The second-order valence-corrected chi connectivity index (χ2v) is 7.55. The molecule has 0 atom stereocenters. The van der Waals surface area contributed by atoms with Crippen molar-refractivity contribution in [2.75, 3.05) is 6.54 Å². The summed E-state index contributed by atoms with van der Waals surface area (Å²) in [4.78, 5) is 0. The van der Waals surface area contributed by atoms with E-state index in [9.17, 15) is 8.42 Å². The number of hydrogen-bond donors (Lipinski definition) is 1. The third kappa shape index (κ3) is 3.56. The largest absolute Gasteiger partial charge is 0.250 e. The molecule has 0 fully saturated rings. The quantitative estimate of drug-likeness (QED) is 0.846. The molecule has 0 bridgehead atoms. The van der Waals surface area contributed by atoms with Crippen LogP contribution >= 0.6 is 27.3 Å². The zero-order valence-electron chi connectivity index (χ0n) is 8.66.